The van der Waals surface area contributed by atoms with Gasteiger partial charge in [-0.3, -0.25) is 19.8 Å². The van der Waals surface area contributed by atoms with Crippen LogP contribution in [0.3, 0.4) is 0 Å². The summed E-state index contributed by atoms with van der Waals surface area (Å²) in [5.74, 6) is -0.922. The van der Waals surface area contributed by atoms with Crippen molar-refractivity contribution in [2.45, 2.75) is 20.8 Å². The molecule has 5 nitrogen and oxygen atoms in total. The molecular formula is C28H23N3O2S. The zero-order chi connectivity index (χ0) is 24.0. The lowest BCUT2D eigenvalue weighted by Gasteiger charge is -2.30. The van der Waals surface area contributed by atoms with Crippen LogP contribution in [0.4, 0.5) is 5.69 Å². The van der Waals surface area contributed by atoms with E-state index in [1.54, 1.807) is 6.08 Å². The molecule has 1 aliphatic rings. The molecule has 0 spiro atoms. The molecule has 1 aromatic heterocycles. The van der Waals surface area contributed by atoms with Crippen molar-refractivity contribution in [3.63, 3.8) is 0 Å². The van der Waals surface area contributed by atoms with E-state index in [4.69, 9.17) is 12.2 Å². The SMILES string of the molecule is Cc1ccccc1N1C(=O)/C(=C/c2cc(C)n(-c3ccc4ccccc4c3)c2C)C(=O)NC1=S. The minimum atomic E-state index is -0.490. The number of carbonyl (C=O) groups is 2. The minimum absolute atomic E-state index is 0.0515. The highest BCUT2D eigenvalue weighted by atomic mass is 32.1. The molecule has 4 aromatic rings. The van der Waals surface area contributed by atoms with Crippen LogP contribution >= 0.6 is 12.2 Å². The van der Waals surface area contributed by atoms with Crippen molar-refractivity contribution in [3.8, 4) is 5.69 Å². The smallest absolute Gasteiger partial charge is 0.270 e. The van der Waals surface area contributed by atoms with Gasteiger partial charge in [0, 0.05) is 17.1 Å². The summed E-state index contributed by atoms with van der Waals surface area (Å²) in [5.41, 5.74) is 5.39. The third kappa shape index (κ3) is 3.62. The Morgan fingerprint density at radius 3 is 2.32 bits per heavy atom. The molecule has 2 heterocycles. The second-order valence-corrected chi connectivity index (χ2v) is 8.82. The summed E-state index contributed by atoms with van der Waals surface area (Å²) in [5, 5.41) is 5.08. The van der Waals surface area contributed by atoms with Crippen LogP contribution in [0.2, 0.25) is 0 Å². The molecule has 0 radical (unpaired) electrons. The molecule has 0 atom stereocenters. The highest BCUT2D eigenvalue weighted by molar-refractivity contribution is 7.80. The average molecular weight is 466 g/mol. The number of hydrogen-bond donors (Lipinski definition) is 1. The van der Waals surface area contributed by atoms with Crippen molar-refractivity contribution < 1.29 is 9.59 Å². The van der Waals surface area contributed by atoms with Crippen LogP contribution < -0.4 is 10.2 Å². The fraction of sp³-hybridized carbons (Fsp3) is 0.107. The Morgan fingerprint density at radius 2 is 1.56 bits per heavy atom. The highest BCUT2D eigenvalue weighted by Gasteiger charge is 2.35. The number of benzene rings is 3. The zero-order valence-electron chi connectivity index (χ0n) is 19.1. The number of aryl methyl sites for hydroxylation is 2. The van der Waals surface area contributed by atoms with Gasteiger partial charge in [-0.1, -0.05) is 48.5 Å². The summed E-state index contributed by atoms with van der Waals surface area (Å²) in [6.45, 7) is 5.91. The third-order valence-corrected chi connectivity index (χ3v) is 6.50. The maximum Gasteiger partial charge on any atom is 0.270 e. The third-order valence-electron chi connectivity index (χ3n) is 6.22. The van der Waals surface area contributed by atoms with Gasteiger partial charge in [0.25, 0.3) is 11.8 Å². The molecular weight excluding hydrogens is 442 g/mol. The van der Waals surface area contributed by atoms with Crippen LogP contribution in [0, 0.1) is 20.8 Å². The molecule has 34 heavy (non-hydrogen) atoms. The molecule has 1 fully saturated rings. The van der Waals surface area contributed by atoms with Gasteiger partial charge in [-0.25, -0.2) is 0 Å². The summed E-state index contributed by atoms with van der Waals surface area (Å²) in [7, 11) is 0. The predicted molar refractivity (Wildman–Crippen MR) is 140 cm³/mol. The number of para-hydroxylation sites is 1. The average Bonchev–Trinajstić information content (AvgIpc) is 3.10. The second-order valence-electron chi connectivity index (χ2n) is 8.44. The Labute approximate surface area is 203 Å². The van der Waals surface area contributed by atoms with Gasteiger partial charge in [0.1, 0.15) is 5.57 Å². The number of nitrogens with one attached hydrogen (secondary N) is 1. The molecule has 1 N–H and O–H groups in total. The Kier molecular flexibility index (Phi) is 5.38. The normalized spacial score (nSPS) is 15.3. The summed E-state index contributed by atoms with van der Waals surface area (Å²) in [4.78, 5) is 27.6. The Bertz CT molecular complexity index is 1530. The molecule has 5 rings (SSSR count). The molecule has 0 saturated carbocycles. The maximum absolute atomic E-state index is 13.4. The lowest BCUT2D eigenvalue weighted by Crippen LogP contribution is -2.54. The van der Waals surface area contributed by atoms with E-state index in [-0.39, 0.29) is 10.7 Å². The molecule has 1 saturated heterocycles. The first-order chi connectivity index (χ1) is 16.3. The van der Waals surface area contributed by atoms with Crippen molar-refractivity contribution in [2.75, 3.05) is 4.90 Å². The van der Waals surface area contributed by atoms with E-state index in [0.29, 0.717) is 5.69 Å². The van der Waals surface area contributed by atoms with Gasteiger partial charge in [0.15, 0.2) is 5.11 Å². The fourth-order valence-electron chi connectivity index (χ4n) is 4.49. The summed E-state index contributed by atoms with van der Waals surface area (Å²) in [6, 6.07) is 24.0. The highest BCUT2D eigenvalue weighted by Crippen LogP contribution is 2.28. The lowest BCUT2D eigenvalue weighted by atomic mass is 10.1. The molecule has 6 heteroatoms. The maximum atomic E-state index is 13.4. The topological polar surface area (TPSA) is 54.3 Å². The molecule has 168 valence electrons. The van der Waals surface area contributed by atoms with Crippen LogP contribution in [0.5, 0.6) is 0 Å². The van der Waals surface area contributed by atoms with Crippen molar-refractivity contribution in [2.24, 2.45) is 0 Å². The van der Waals surface area contributed by atoms with Crippen molar-refractivity contribution in [1.82, 2.24) is 9.88 Å². The first-order valence-corrected chi connectivity index (χ1v) is 11.4. The Hall–Kier alpha value is -4.03. The minimum Gasteiger partial charge on any atom is -0.318 e. The first kappa shape index (κ1) is 21.8. The van der Waals surface area contributed by atoms with E-state index in [1.807, 2.05) is 63.2 Å². The lowest BCUT2D eigenvalue weighted by molar-refractivity contribution is -0.122. The summed E-state index contributed by atoms with van der Waals surface area (Å²) in [6.07, 6.45) is 1.66. The quantitative estimate of drug-likeness (QED) is 0.251. The molecule has 1 aliphatic heterocycles. The van der Waals surface area contributed by atoms with Gasteiger partial charge >= 0.3 is 0 Å². The van der Waals surface area contributed by atoms with Crippen molar-refractivity contribution >= 4 is 51.7 Å². The van der Waals surface area contributed by atoms with Gasteiger partial charge in [-0.2, -0.15) is 0 Å². The van der Waals surface area contributed by atoms with Crippen LogP contribution in [0.15, 0.2) is 78.4 Å². The van der Waals surface area contributed by atoms with E-state index in [9.17, 15) is 9.59 Å². The second kappa shape index (κ2) is 8.39. The number of aromatic nitrogens is 1. The van der Waals surface area contributed by atoms with E-state index in [2.05, 4.69) is 40.2 Å². The van der Waals surface area contributed by atoms with E-state index < -0.39 is 11.8 Å². The molecule has 0 bridgehead atoms. The zero-order valence-corrected chi connectivity index (χ0v) is 19.9. The number of anilines is 1. The number of carbonyl (C=O) groups excluding carboxylic acids is 2. The standard InChI is InChI=1S/C28H23N3O2S/c1-17-8-4-7-11-25(17)31-27(33)24(26(32)29-28(31)34)16-22-14-18(2)30(19(22)3)23-13-12-20-9-5-6-10-21(20)15-23/h4-16H,1-3H3,(H,29,32,34)/b24-16+. The molecule has 3 aromatic carbocycles. The van der Waals surface area contributed by atoms with Crippen LogP contribution in [-0.4, -0.2) is 21.5 Å². The first-order valence-electron chi connectivity index (χ1n) is 11.0. The fourth-order valence-corrected chi connectivity index (χ4v) is 4.77. The Balaban J connectivity index is 1.57. The monoisotopic (exact) mass is 465 g/mol. The number of amides is 2. The largest absolute Gasteiger partial charge is 0.318 e. The summed E-state index contributed by atoms with van der Waals surface area (Å²) >= 11 is 5.34. The van der Waals surface area contributed by atoms with Gasteiger partial charge in [0.05, 0.1) is 5.69 Å². The van der Waals surface area contributed by atoms with Crippen LogP contribution in [0.25, 0.3) is 22.5 Å². The van der Waals surface area contributed by atoms with Crippen molar-refractivity contribution in [1.29, 1.82) is 0 Å². The molecule has 2 amide bonds. The number of fused-ring (bicyclic) bond motifs is 1. The van der Waals surface area contributed by atoms with E-state index in [1.165, 1.54) is 10.3 Å². The summed E-state index contributed by atoms with van der Waals surface area (Å²) < 4.78 is 2.13. The number of rotatable bonds is 3. The van der Waals surface area contributed by atoms with Crippen LogP contribution in [0.1, 0.15) is 22.5 Å². The van der Waals surface area contributed by atoms with Gasteiger partial charge < -0.3 is 4.57 Å². The number of nitrogens with zero attached hydrogens (tertiary/aromatic N) is 2. The van der Waals surface area contributed by atoms with Crippen molar-refractivity contribution in [3.05, 3.63) is 101 Å². The van der Waals surface area contributed by atoms with E-state index in [0.717, 1.165) is 33.6 Å². The van der Waals surface area contributed by atoms with Crippen LogP contribution in [-0.2, 0) is 9.59 Å². The van der Waals surface area contributed by atoms with E-state index >= 15 is 0 Å². The predicted octanol–water partition coefficient (Wildman–Crippen LogP) is 5.39. The molecule has 0 aliphatic carbocycles. The Morgan fingerprint density at radius 1 is 0.853 bits per heavy atom. The van der Waals surface area contributed by atoms with Gasteiger partial charge in [0.2, 0.25) is 0 Å². The van der Waals surface area contributed by atoms with Gasteiger partial charge in [-0.05, 0) is 85.2 Å². The van der Waals surface area contributed by atoms with Gasteiger partial charge in [-0.15, -0.1) is 0 Å². The molecule has 0 unspecified atom stereocenters. The number of thiocarbonyl (C=S) groups is 1. The number of hydrogen-bond acceptors (Lipinski definition) is 3.